The van der Waals surface area contributed by atoms with Gasteiger partial charge in [-0.3, -0.25) is 0 Å². The molecule has 1 saturated heterocycles. The summed E-state index contributed by atoms with van der Waals surface area (Å²) in [7, 11) is 0.495. The van der Waals surface area contributed by atoms with Crippen molar-refractivity contribution in [3.63, 3.8) is 0 Å². The molecule has 4 nitrogen and oxygen atoms in total. The summed E-state index contributed by atoms with van der Waals surface area (Å²) in [6, 6.07) is 4.35. The van der Waals surface area contributed by atoms with Gasteiger partial charge in [0, 0.05) is 6.04 Å². The van der Waals surface area contributed by atoms with Crippen LogP contribution in [0.5, 0.6) is 5.75 Å². The van der Waals surface area contributed by atoms with E-state index < -0.39 is 12.9 Å². The van der Waals surface area contributed by atoms with Gasteiger partial charge >= 0.3 is 7.12 Å². The van der Waals surface area contributed by atoms with E-state index in [0.29, 0.717) is 12.6 Å². The van der Waals surface area contributed by atoms with Crippen LogP contribution in [-0.4, -0.2) is 48.3 Å². The second-order valence-electron chi connectivity index (χ2n) is 5.33. The largest absolute Gasteiger partial charge is 0.490 e. The maximum atomic E-state index is 13.6. The third-order valence-corrected chi connectivity index (χ3v) is 3.88. The van der Waals surface area contributed by atoms with Crippen molar-refractivity contribution in [3.8, 4) is 5.75 Å². The molecule has 1 heterocycles. The smallest absolute Gasteiger partial charge is 0.488 e. The Bertz CT molecular complexity index is 444. The monoisotopic (exact) mass is 281 g/mol. The number of halogens is 1. The van der Waals surface area contributed by atoms with Crippen LogP contribution in [0.3, 0.4) is 0 Å². The van der Waals surface area contributed by atoms with E-state index in [1.807, 2.05) is 0 Å². The van der Waals surface area contributed by atoms with Crippen molar-refractivity contribution in [2.45, 2.75) is 31.7 Å². The zero-order valence-electron chi connectivity index (χ0n) is 11.8. The average Bonchev–Trinajstić information content (AvgIpc) is 2.42. The molecule has 1 aromatic carbocycles. The number of hydrogen-bond acceptors (Lipinski definition) is 4. The van der Waals surface area contributed by atoms with Crippen LogP contribution in [0.4, 0.5) is 4.39 Å². The van der Waals surface area contributed by atoms with Crippen LogP contribution in [-0.2, 0) is 0 Å². The quantitative estimate of drug-likeness (QED) is 0.782. The van der Waals surface area contributed by atoms with Crippen LogP contribution < -0.4 is 10.2 Å². The fraction of sp³-hybridized carbons (Fsp3) is 0.571. The Morgan fingerprint density at radius 1 is 1.40 bits per heavy atom. The van der Waals surface area contributed by atoms with Gasteiger partial charge in [0.1, 0.15) is 0 Å². The molecule has 1 aliphatic rings. The predicted octanol–water partition coefficient (Wildman–Crippen LogP) is 0.759. The number of likely N-dealkylation sites (tertiary alicyclic amines) is 1. The van der Waals surface area contributed by atoms with E-state index in [1.165, 1.54) is 31.0 Å². The Morgan fingerprint density at radius 3 is 2.90 bits per heavy atom. The number of ether oxygens (including phenoxy) is 1. The van der Waals surface area contributed by atoms with E-state index in [0.717, 1.165) is 19.4 Å². The van der Waals surface area contributed by atoms with Crippen LogP contribution in [0.15, 0.2) is 18.2 Å². The minimum Gasteiger partial charge on any atom is -0.490 e. The molecule has 0 bridgehead atoms. The van der Waals surface area contributed by atoms with Gasteiger partial charge < -0.3 is 19.7 Å². The van der Waals surface area contributed by atoms with E-state index in [-0.39, 0.29) is 11.2 Å². The second kappa shape index (κ2) is 7.06. The van der Waals surface area contributed by atoms with E-state index >= 15 is 0 Å². The first-order valence-corrected chi connectivity index (χ1v) is 7.06. The van der Waals surface area contributed by atoms with Crippen molar-refractivity contribution < 1.29 is 19.2 Å². The van der Waals surface area contributed by atoms with Gasteiger partial charge in [0.05, 0.1) is 6.61 Å². The first-order valence-electron chi connectivity index (χ1n) is 7.06. The van der Waals surface area contributed by atoms with Gasteiger partial charge in [-0.05, 0) is 50.5 Å². The molecule has 1 atom stereocenters. The molecule has 0 saturated carbocycles. The Balaban J connectivity index is 1.88. The van der Waals surface area contributed by atoms with Crippen LogP contribution >= 0.6 is 0 Å². The molecular formula is C14H21BFNO3. The third-order valence-electron chi connectivity index (χ3n) is 3.88. The van der Waals surface area contributed by atoms with Gasteiger partial charge in [0.2, 0.25) is 0 Å². The summed E-state index contributed by atoms with van der Waals surface area (Å²) in [5.41, 5.74) is 0.233. The van der Waals surface area contributed by atoms with Crippen molar-refractivity contribution >= 4 is 12.6 Å². The molecular weight excluding hydrogens is 260 g/mol. The Labute approximate surface area is 119 Å². The van der Waals surface area contributed by atoms with Crippen molar-refractivity contribution in [1.82, 2.24) is 4.90 Å². The van der Waals surface area contributed by atoms with E-state index in [4.69, 9.17) is 14.8 Å². The van der Waals surface area contributed by atoms with Crippen molar-refractivity contribution in [2.24, 2.45) is 0 Å². The van der Waals surface area contributed by atoms with Gasteiger partial charge in [-0.1, -0.05) is 12.5 Å². The molecule has 110 valence electrons. The van der Waals surface area contributed by atoms with Crippen LogP contribution in [0.25, 0.3) is 0 Å². The van der Waals surface area contributed by atoms with Crippen molar-refractivity contribution in [3.05, 3.63) is 24.0 Å². The Hall–Kier alpha value is -1.11. The molecule has 6 heteroatoms. The summed E-state index contributed by atoms with van der Waals surface area (Å²) in [6.07, 6.45) is 4.47. The Morgan fingerprint density at radius 2 is 2.20 bits per heavy atom. The molecule has 0 radical (unpaired) electrons. The summed E-state index contributed by atoms with van der Waals surface area (Å²) in [5.74, 6) is -0.402. The highest BCUT2D eigenvalue weighted by atomic mass is 19.1. The topological polar surface area (TPSA) is 52.9 Å². The molecule has 0 amide bonds. The number of hydrogen-bond donors (Lipinski definition) is 2. The van der Waals surface area contributed by atoms with Crippen molar-refractivity contribution in [1.29, 1.82) is 0 Å². The molecule has 0 spiro atoms. The second-order valence-corrected chi connectivity index (χ2v) is 5.33. The summed E-state index contributed by atoms with van der Waals surface area (Å²) >= 11 is 0. The Kier molecular flexibility index (Phi) is 5.40. The van der Waals surface area contributed by atoms with E-state index in [9.17, 15) is 4.39 Å². The highest BCUT2D eigenvalue weighted by Gasteiger charge is 2.19. The van der Waals surface area contributed by atoms with E-state index in [2.05, 4.69) is 11.9 Å². The molecule has 1 aromatic rings. The summed E-state index contributed by atoms with van der Waals surface area (Å²) in [6.45, 7) is 1.53. The third kappa shape index (κ3) is 3.94. The maximum absolute atomic E-state index is 13.6. The zero-order chi connectivity index (χ0) is 14.5. The molecule has 1 fully saturated rings. The number of rotatable bonds is 5. The highest BCUT2D eigenvalue weighted by molar-refractivity contribution is 6.58. The molecule has 0 aliphatic carbocycles. The molecule has 0 aromatic heterocycles. The zero-order valence-corrected chi connectivity index (χ0v) is 11.8. The summed E-state index contributed by atoms with van der Waals surface area (Å²) < 4.78 is 19.0. The summed E-state index contributed by atoms with van der Waals surface area (Å²) in [4.78, 5) is 2.32. The molecule has 20 heavy (non-hydrogen) atoms. The summed E-state index contributed by atoms with van der Waals surface area (Å²) in [5, 5.41) is 18.1. The number of nitrogens with zero attached hydrogens (tertiary/aromatic N) is 1. The lowest BCUT2D eigenvalue weighted by molar-refractivity contribution is 0.151. The lowest BCUT2D eigenvalue weighted by Gasteiger charge is -2.32. The minimum absolute atomic E-state index is 0.0778. The fourth-order valence-corrected chi connectivity index (χ4v) is 2.60. The van der Waals surface area contributed by atoms with Gasteiger partial charge in [0.15, 0.2) is 11.6 Å². The number of piperidine rings is 1. The minimum atomic E-state index is -1.61. The van der Waals surface area contributed by atoms with Gasteiger partial charge in [-0.15, -0.1) is 0 Å². The average molecular weight is 281 g/mol. The molecule has 2 rings (SSSR count). The first-order chi connectivity index (χ1) is 9.58. The van der Waals surface area contributed by atoms with Gasteiger partial charge in [-0.25, -0.2) is 4.39 Å². The first kappa shape index (κ1) is 15.3. The number of benzene rings is 1. The van der Waals surface area contributed by atoms with Crippen LogP contribution in [0.2, 0.25) is 0 Å². The lowest BCUT2D eigenvalue weighted by Crippen LogP contribution is -2.37. The standard InChI is InChI=1S/C14H21BFNO3/c1-17-8-3-2-4-12(17)7-9-20-14-10-11(15(18)19)5-6-13(14)16/h5-6,10,12,18-19H,2-4,7-9H2,1H3. The van der Waals surface area contributed by atoms with E-state index in [1.54, 1.807) is 0 Å². The van der Waals surface area contributed by atoms with Crippen molar-refractivity contribution in [2.75, 3.05) is 20.2 Å². The van der Waals surface area contributed by atoms with Crippen LogP contribution in [0.1, 0.15) is 25.7 Å². The fourth-order valence-electron chi connectivity index (χ4n) is 2.60. The lowest BCUT2D eigenvalue weighted by atomic mass is 9.80. The molecule has 1 aliphatic heterocycles. The van der Waals surface area contributed by atoms with Crippen LogP contribution in [0, 0.1) is 5.82 Å². The van der Waals surface area contributed by atoms with Gasteiger partial charge in [0.25, 0.3) is 0 Å². The molecule has 1 unspecified atom stereocenters. The highest BCUT2D eigenvalue weighted by Crippen LogP contribution is 2.19. The predicted molar refractivity (Wildman–Crippen MR) is 76.6 cm³/mol. The van der Waals surface area contributed by atoms with Gasteiger partial charge in [-0.2, -0.15) is 0 Å². The SMILES string of the molecule is CN1CCCCC1CCOc1cc(B(O)O)ccc1F. The maximum Gasteiger partial charge on any atom is 0.488 e. The normalized spacial score (nSPS) is 19.9. The molecule has 2 N–H and O–H groups in total.